The van der Waals surface area contributed by atoms with Crippen molar-refractivity contribution in [1.82, 2.24) is 20.2 Å². The molecule has 9 heteroatoms. The summed E-state index contributed by atoms with van der Waals surface area (Å²) in [6.07, 6.45) is 1.89. The van der Waals surface area contributed by atoms with Gasteiger partial charge < -0.3 is 24.8 Å². The summed E-state index contributed by atoms with van der Waals surface area (Å²) in [4.78, 5) is 9.46. The Morgan fingerprint density at radius 3 is 2.72 bits per heavy atom. The van der Waals surface area contributed by atoms with Crippen LogP contribution in [0.1, 0.15) is 18.5 Å². The maximum absolute atomic E-state index is 5.66. The van der Waals surface area contributed by atoms with Gasteiger partial charge in [0.2, 0.25) is 6.79 Å². The zero-order chi connectivity index (χ0) is 19.6. The molecule has 9 nitrogen and oxygen atoms in total. The molecule has 29 heavy (non-hydrogen) atoms. The van der Waals surface area contributed by atoms with Crippen molar-refractivity contribution < 1.29 is 14.2 Å². The second kappa shape index (κ2) is 7.59. The van der Waals surface area contributed by atoms with E-state index in [1.165, 1.54) is 0 Å². The number of aromatic nitrogens is 4. The van der Waals surface area contributed by atoms with Gasteiger partial charge >= 0.3 is 0 Å². The Kier molecular flexibility index (Phi) is 4.65. The molecule has 150 valence electrons. The van der Waals surface area contributed by atoms with Gasteiger partial charge in [0.1, 0.15) is 11.6 Å². The first-order valence-corrected chi connectivity index (χ1v) is 9.66. The standard InChI is InChI=1S/C20H22N6O3/c1-12-9-18(26-25-12)22-17-10-16(21-13-5-7-27-8-6-13)23-20(24-17)14-3-2-4-15-19(14)29-11-28-15/h2-4,9-10,13H,5-8,11H2,1H3,(H3,21,22,23,24,25,26). The predicted octanol–water partition coefficient (Wildman–Crippen LogP) is 3.24. The summed E-state index contributed by atoms with van der Waals surface area (Å²) in [6.45, 7) is 3.66. The lowest BCUT2D eigenvalue weighted by Crippen LogP contribution is -2.28. The van der Waals surface area contributed by atoms with Crippen molar-refractivity contribution in [2.24, 2.45) is 0 Å². The Bertz CT molecular complexity index is 1020. The number of aromatic amines is 1. The van der Waals surface area contributed by atoms with Crippen LogP contribution in [-0.2, 0) is 4.74 Å². The first-order chi connectivity index (χ1) is 14.2. The van der Waals surface area contributed by atoms with Crippen LogP contribution in [0.5, 0.6) is 11.5 Å². The van der Waals surface area contributed by atoms with Crippen molar-refractivity contribution in [3.63, 3.8) is 0 Å². The molecule has 0 amide bonds. The van der Waals surface area contributed by atoms with Gasteiger partial charge in [-0.05, 0) is 31.9 Å². The molecule has 2 aromatic heterocycles. The van der Waals surface area contributed by atoms with E-state index in [1.54, 1.807) is 0 Å². The number of aryl methyl sites for hydroxylation is 1. The van der Waals surface area contributed by atoms with E-state index in [9.17, 15) is 0 Å². The van der Waals surface area contributed by atoms with Gasteiger partial charge in [-0.1, -0.05) is 6.07 Å². The Hall–Kier alpha value is -3.33. The molecule has 1 saturated heterocycles. The number of nitrogens with one attached hydrogen (secondary N) is 3. The summed E-state index contributed by atoms with van der Waals surface area (Å²) in [5.41, 5.74) is 1.76. The van der Waals surface area contributed by atoms with Crippen molar-refractivity contribution >= 4 is 17.5 Å². The van der Waals surface area contributed by atoms with E-state index in [1.807, 2.05) is 37.3 Å². The third kappa shape index (κ3) is 3.81. The fraction of sp³-hybridized carbons (Fsp3) is 0.350. The second-order valence-corrected chi connectivity index (χ2v) is 7.09. The minimum atomic E-state index is 0.198. The molecule has 0 spiro atoms. The van der Waals surface area contributed by atoms with E-state index >= 15 is 0 Å². The Morgan fingerprint density at radius 2 is 1.90 bits per heavy atom. The molecule has 5 rings (SSSR count). The molecule has 3 aromatic rings. The maximum Gasteiger partial charge on any atom is 0.231 e. The van der Waals surface area contributed by atoms with Crippen LogP contribution >= 0.6 is 0 Å². The number of nitrogens with zero attached hydrogens (tertiary/aromatic N) is 3. The highest BCUT2D eigenvalue weighted by molar-refractivity contribution is 5.72. The van der Waals surface area contributed by atoms with Gasteiger partial charge in [-0.3, -0.25) is 5.10 Å². The summed E-state index contributed by atoms with van der Waals surface area (Å²) >= 11 is 0. The molecule has 0 aliphatic carbocycles. The largest absolute Gasteiger partial charge is 0.454 e. The highest BCUT2D eigenvalue weighted by Gasteiger charge is 2.22. The summed E-state index contributed by atoms with van der Waals surface area (Å²) < 4.78 is 16.6. The van der Waals surface area contributed by atoms with Crippen LogP contribution in [0.25, 0.3) is 11.4 Å². The Morgan fingerprint density at radius 1 is 1.03 bits per heavy atom. The van der Waals surface area contributed by atoms with Gasteiger partial charge in [0, 0.05) is 37.1 Å². The van der Waals surface area contributed by atoms with E-state index in [0.29, 0.717) is 35.0 Å². The van der Waals surface area contributed by atoms with Gasteiger partial charge in [0.05, 0.1) is 5.56 Å². The fourth-order valence-electron chi connectivity index (χ4n) is 3.48. The number of H-pyrrole nitrogens is 1. The summed E-state index contributed by atoms with van der Waals surface area (Å²) in [7, 11) is 0. The maximum atomic E-state index is 5.66. The Labute approximate surface area is 167 Å². The third-order valence-corrected chi connectivity index (χ3v) is 4.90. The Balaban J connectivity index is 1.51. The molecule has 0 saturated carbocycles. The second-order valence-electron chi connectivity index (χ2n) is 7.09. The van der Waals surface area contributed by atoms with Crippen LogP contribution in [0.2, 0.25) is 0 Å². The molecule has 0 bridgehead atoms. The molecule has 0 unspecified atom stereocenters. The number of rotatable bonds is 5. The van der Waals surface area contributed by atoms with E-state index in [-0.39, 0.29) is 6.79 Å². The molecule has 1 fully saturated rings. The van der Waals surface area contributed by atoms with E-state index < -0.39 is 0 Å². The first-order valence-electron chi connectivity index (χ1n) is 9.66. The lowest BCUT2D eigenvalue weighted by molar-refractivity contribution is 0.0904. The molecule has 4 heterocycles. The summed E-state index contributed by atoms with van der Waals surface area (Å²) in [5.74, 6) is 4.01. The summed E-state index contributed by atoms with van der Waals surface area (Å²) in [5, 5.41) is 13.9. The monoisotopic (exact) mass is 394 g/mol. The van der Waals surface area contributed by atoms with Crippen LogP contribution in [0, 0.1) is 6.92 Å². The van der Waals surface area contributed by atoms with Gasteiger partial charge in [-0.25, -0.2) is 9.97 Å². The zero-order valence-electron chi connectivity index (χ0n) is 16.1. The first kappa shape index (κ1) is 17.7. The average molecular weight is 394 g/mol. The number of para-hydroxylation sites is 1. The van der Waals surface area contributed by atoms with Crippen LogP contribution in [-0.4, -0.2) is 46.2 Å². The van der Waals surface area contributed by atoms with Crippen molar-refractivity contribution in [3.8, 4) is 22.9 Å². The predicted molar refractivity (Wildman–Crippen MR) is 108 cm³/mol. The number of benzene rings is 1. The average Bonchev–Trinajstić information content (AvgIpc) is 3.37. The molecular weight excluding hydrogens is 372 g/mol. The normalized spacial score (nSPS) is 16.0. The van der Waals surface area contributed by atoms with E-state index in [2.05, 4.69) is 20.8 Å². The molecule has 2 aliphatic heterocycles. The van der Waals surface area contributed by atoms with Gasteiger partial charge in [0.15, 0.2) is 23.1 Å². The minimum Gasteiger partial charge on any atom is -0.454 e. The van der Waals surface area contributed by atoms with Gasteiger partial charge in [0.25, 0.3) is 0 Å². The lowest BCUT2D eigenvalue weighted by Gasteiger charge is -2.24. The zero-order valence-corrected chi connectivity index (χ0v) is 16.1. The fourth-order valence-corrected chi connectivity index (χ4v) is 3.48. The topological polar surface area (TPSA) is 106 Å². The van der Waals surface area contributed by atoms with Crippen LogP contribution in [0.15, 0.2) is 30.3 Å². The molecular formula is C20H22N6O3. The van der Waals surface area contributed by atoms with Crippen LogP contribution < -0.4 is 20.1 Å². The van der Waals surface area contributed by atoms with E-state index in [4.69, 9.17) is 24.2 Å². The smallest absolute Gasteiger partial charge is 0.231 e. The third-order valence-electron chi connectivity index (χ3n) is 4.90. The lowest BCUT2D eigenvalue weighted by atomic mass is 10.1. The van der Waals surface area contributed by atoms with Crippen molar-refractivity contribution in [2.75, 3.05) is 30.6 Å². The van der Waals surface area contributed by atoms with Gasteiger partial charge in [-0.2, -0.15) is 5.10 Å². The minimum absolute atomic E-state index is 0.198. The van der Waals surface area contributed by atoms with Crippen LogP contribution in [0.3, 0.4) is 0 Å². The number of anilines is 3. The molecule has 0 atom stereocenters. The number of ether oxygens (including phenoxy) is 3. The number of fused-ring (bicyclic) bond motifs is 1. The highest BCUT2D eigenvalue weighted by Crippen LogP contribution is 2.40. The number of hydrogen-bond donors (Lipinski definition) is 3. The van der Waals surface area contributed by atoms with Crippen molar-refractivity contribution in [2.45, 2.75) is 25.8 Å². The van der Waals surface area contributed by atoms with Gasteiger partial charge in [-0.15, -0.1) is 0 Å². The molecule has 2 aliphatic rings. The summed E-state index contributed by atoms with van der Waals surface area (Å²) in [6, 6.07) is 9.85. The van der Waals surface area contributed by atoms with Crippen molar-refractivity contribution in [1.29, 1.82) is 0 Å². The molecule has 3 N–H and O–H groups in total. The SMILES string of the molecule is Cc1cc(Nc2cc(NC3CCOCC3)nc(-c3cccc4c3OCO4)n2)n[nH]1. The number of hydrogen-bond acceptors (Lipinski definition) is 8. The molecule has 0 radical (unpaired) electrons. The molecule has 1 aromatic carbocycles. The van der Waals surface area contributed by atoms with E-state index in [0.717, 1.165) is 43.1 Å². The quantitative estimate of drug-likeness (QED) is 0.606. The van der Waals surface area contributed by atoms with Crippen LogP contribution in [0.4, 0.5) is 17.5 Å². The highest BCUT2D eigenvalue weighted by atomic mass is 16.7. The van der Waals surface area contributed by atoms with Crippen molar-refractivity contribution in [3.05, 3.63) is 36.0 Å².